The van der Waals surface area contributed by atoms with E-state index in [4.69, 9.17) is 25.2 Å². The number of phenolic OH excluding ortho intramolecular Hbond substituents is 1. The SMILES string of the molecule is C=C(C)C(=O)O.C=C(C)C(=O)OC.C=C(C)C(=O)OC.C=C(C)C(=O)OC(=O)C(=C)C.C=C(C)C(=O)Oc1ccc(C)cc1C.CC.CC.CC.CC.CC.CC.CC.CC.CO.CO.COC.COC.COC.COC.COC.COC.COC.COC.Cc1ccc(O)c(C)c1. The van der Waals surface area contributed by atoms with Gasteiger partial charge in [-0.15, -0.1) is 0 Å². The highest BCUT2D eigenvalue weighted by atomic mass is 16.6. The van der Waals surface area contributed by atoms with Crippen LogP contribution in [0.4, 0.5) is 0 Å². The van der Waals surface area contributed by atoms with Gasteiger partial charge in [-0.05, 0) is 92.5 Å². The number of carbonyl (C=O) groups is 6. The molecule has 0 unspecified atom stereocenters. The maximum atomic E-state index is 11.2. The molecule has 0 atom stereocenters. The molecule has 0 spiro atoms. The summed E-state index contributed by atoms with van der Waals surface area (Å²) < 4.78 is 52.0. The molecule has 0 bridgehead atoms. The minimum atomic E-state index is -0.935. The van der Waals surface area contributed by atoms with E-state index in [1.54, 1.807) is 147 Å². The van der Waals surface area contributed by atoms with Crippen molar-refractivity contribution in [3.63, 3.8) is 0 Å². The Morgan fingerprint density at radius 1 is 0.306 bits per heavy atom. The first-order valence-corrected chi connectivity index (χ1v) is 31.2. The summed E-state index contributed by atoms with van der Waals surface area (Å²) in [6, 6.07) is 11.2. The van der Waals surface area contributed by atoms with Gasteiger partial charge in [-0.1, -0.05) is 186 Å². The van der Waals surface area contributed by atoms with Crippen LogP contribution in [0, 0.1) is 27.7 Å². The summed E-state index contributed by atoms with van der Waals surface area (Å²) in [6.07, 6.45) is 0. The van der Waals surface area contributed by atoms with Gasteiger partial charge < -0.3 is 77.3 Å². The third-order valence-electron chi connectivity index (χ3n) is 5.55. The van der Waals surface area contributed by atoms with Crippen LogP contribution in [-0.2, 0) is 80.9 Å². The predicted octanol–water partition coefficient (Wildman–Crippen LogP) is 17.6. The van der Waals surface area contributed by atoms with E-state index in [0.29, 0.717) is 28.2 Å². The van der Waals surface area contributed by atoms with Crippen LogP contribution < -0.4 is 4.74 Å². The fourth-order valence-corrected chi connectivity index (χ4v) is 2.51. The Kier molecular flexibility index (Phi) is 267. The number of ether oxygens (including phenoxy) is 12. The van der Waals surface area contributed by atoms with Crippen molar-refractivity contribution in [1.82, 2.24) is 0 Å². The quantitative estimate of drug-likeness (QED) is 0.0658. The van der Waals surface area contributed by atoms with E-state index in [2.05, 4.69) is 91.6 Å². The van der Waals surface area contributed by atoms with E-state index in [0.717, 1.165) is 30.9 Å². The molecule has 0 aliphatic carbocycles. The molecular formula is C76H160O22. The monoisotopic (exact) mass is 1430 g/mol. The van der Waals surface area contributed by atoms with Gasteiger partial charge in [0.05, 0.1) is 14.2 Å². The molecule has 0 aliphatic rings. The molecule has 0 saturated carbocycles. The molecule has 0 radical (unpaired) electrons. The van der Waals surface area contributed by atoms with Gasteiger partial charge in [0.2, 0.25) is 0 Å². The standard InChI is InChI=1S/C12H14O2.C8H10O3.C8H10O.2C5H8O2.C4H6O2.8C2H6O.8C2H6.2CH4O/c1-8(2)12(13)14-11-6-5-9(3)7-10(11)4;1-5(2)7(9)11-8(10)6(3)4;1-6-3-4-8(9)7(2)5-6;2*1-4(2)5(6)7-3;1-3(2)4(5)6;8*1-3-2;10*1-2/h5-7H,1H2,2-4H3;1,3H2,2,4H3;3-5,9H,1-2H3;2*1H2,2-3H3;1H2,2H3,(H,5,6);8*1-2H3;8*1-2H3;2*2H,1H3. The number of hydrogen-bond donors (Lipinski definition) is 4. The molecule has 4 N–H and O–H groups in total. The largest absolute Gasteiger partial charge is 0.508 e. The Bertz CT molecular complexity index is 1790. The third-order valence-corrected chi connectivity index (χ3v) is 5.55. The van der Waals surface area contributed by atoms with Gasteiger partial charge in [0.1, 0.15) is 11.5 Å². The first kappa shape index (κ1) is 155. The summed E-state index contributed by atoms with van der Waals surface area (Å²) in [4.78, 5) is 62.6. The Morgan fingerprint density at radius 2 is 0.480 bits per heavy atom. The van der Waals surface area contributed by atoms with Crippen LogP contribution in [0.25, 0.3) is 0 Å². The normalized spacial score (nSPS) is 6.86. The molecule has 0 amide bonds. The summed E-state index contributed by atoms with van der Waals surface area (Å²) >= 11 is 0. The number of aliphatic carboxylic acids is 1. The number of phenols is 1. The second-order valence-electron chi connectivity index (χ2n) is 14.9. The van der Waals surface area contributed by atoms with Crippen LogP contribution in [0.3, 0.4) is 0 Å². The van der Waals surface area contributed by atoms with E-state index in [1.165, 1.54) is 40.6 Å². The zero-order valence-corrected chi connectivity index (χ0v) is 71.8. The van der Waals surface area contributed by atoms with Crippen LogP contribution in [-0.4, -0.2) is 198 Å². The molecule has 0 heterocycles. The molecular weight excluding hydrogens is 1260 g/mol. The molecule has 596 valence electrons. The highest BCUT2D eigenvalue weighted by Crippen LogP contribution is 2.19. The maximum absolute atomic E-state index is 11.2. The summed E-state index contributed by atoms with van der Waals surface area (Å²) in [5, 5.41) is 30.9. The number of aryl methyl sites for hydroxylation is 4. The molecule has 22 nitrogen and oxygen atoms in total. The topological polar surface area (TPSA) is 294 Å². The fraction of sp³-hybridized carbons (Fsp3) is 0.605. The molecule has 0 aromatic heterocycles. The molecule has 98 heavy (non-hydrogen) atoms. The second kappa shape index (κ2) is 169. The van der Waals surface area contributed by atoms with Crippen molar-refractivity contribution in [3.8, 4) is 11.5 Å². The van der Waals surface area contributed by atoms with Crippen LogP contribution in [0.1, 0.15) is 175 Å². The number of esters is 5. The summed E-state index contributed by atoms with van der Waals surface area (Å²) in [6.45, 7) is 69.0. The number of carbonyl (C=O) groups excluding carboxylic acids is 5. The highest BCUT2D eigenvalue weighted by Gasteiger charge is 2.10. The van der Waals surface area contributed by atoms with Crippen molar-refractivity contribution < 1.29 is 106 Å². The van der Waals surface area contributed by atoms with Gasteiger partial charge in [0.25, 0.3) is 0 Å². The van der Waals surface area contributed by atoms with Crippen LogP contribution >= 0.6 is 0 Å². The average molecular weight is 1430 g/mol. The molecule has 2 aromatic rings. The van der Waals surface area contributed by atoms with E-state index in [1.807, 2.05) is 163 Å². The van der Waals surface area contributed by atoms with E-state index in [9.17, 15) is 28.8 Å². The number of aliphatic hydroxyl groups excluding tert-OH is 2. The Labute approximate surface area is 604 Å². The Hall–Kier alpha value is -6.70. The van der Waals surface area contributed by atoms with Crippen LogP contribution in [0.5, 0.6) is 11.5 Å². The molecule has 2 aromatic carbocycles. The lowest BCUT2D eigenvalue weighted by molar-refractivity contribution is -0.154. The minimum Gasteiger partial charge on any atom is -0.508 e. The lowest BCUT2D eigenvalue weighted by atomic mass is 10.1. The smallest absolute Gasteiger partial charge is 0.340 e. The highest BCUT2D eigenvalue weighted by molar-refractivity contribution is 6.00. The first-order valence-electron chi connectivity index (χ1n) is 31.2. The zero-order chi connectivity index (χ0) is 85.1. The van der Waals surface area contributed by atoms with Gasteiger partial charge in [0.15, 0.2) is 0 Å². The molecule has 0 saturated heterocycles. The number of hydrogen-bond acceptors (Lipinski definition) is 21. The Morgan fingerprint density at radius 3 is 0.602 bits per heavy atom. The van der Waals surface area contributed by atoms with Crippen molar-refractivity contribution in [2.45, 2.75) is 180 Å². The van der Waals surface area contributed by atoms with Crippen molar-refractivity contribution in [3.05, 3.63) is 132 Å². The van der Waals surface area contributed by atoms with Crippen molar-refractivity contribution >= 4 is 35.8 Å². The number of aromatic hydroxyl groups is 1. The first-order chi connectivity index (χ1) is 46.0. The Balaban J connectivity index is -0.0000000320. The number of rotatable bonds is 7. The molecule has 22 heteroatoms. The minimum absolute atomic E-state index is 0.176. The predicted molar refractivity (Wildman–Crippen MR) is 421 cm³/mol. The average Bonchev–Trinajstić information content (AvgIpc) is 1.09. The number of carboxylic acids is 1. The van der Waals surface area contributed by atoms with Crippen molar-refractivity contribution in [1.29, 1.82) is 0 Å². The molecule has 0 fully saturated rings. The lowest BCUT2D eigenvalue weighted by Crippen LogP contribution is -2.12. The second-order valence-corrected chi connectivity index (χ2v) is 14.9. The third kappa shape index (κ3) is 228. The van der Waals surface area contributed by atoms with Gasteiger partial charge >= 0.3 is 35.8 Å². The number of methoxy groups -OCH3 is 10. The number of benzene rings is 2. The summed E-state index contributed by atoms with van der Waals surface area (Å²) in [5.74, 6) is -2.45. The molecule has 0 aliphatic heterocycles. The van der Waals surface area contributed by atoms with Crippen LogP contribution in [0.15, 0.2) is 109 Å². The maximum Gasteiger partial charge on any atom is 0.340 e. The van der Waals surface area contributed by atoms with Gasteiger partial charge in [-0.25, -0.2) is 28.8 Å². The number of aliphatic hydroxyl groups is 2. The van der Waals surface area contributed by atoms with Gasteiger partial charge in [-0.2, -0.15) is 0 Å². The van der Waals surface area contributed by atoms with E-state index < -0.39 is 17.9 Å². The zero-order valence-electron chi connectivity index (χ0n) is 71.8. The van der Waals surface area contributed by atoms with E-state index in [-0.39, 0.29) is 34.6 Å². The number of carboxylic acid groups (broad SMARTS) is 1. The fourth-order valence-electron chi connectivity index (χ4n) is 2.51. The van der Waals surface area contributed by atoms with Gasteiger partial charge in [0, 0.05) is 161 Å². The van der Waals surface area contributed by atoms with E-state index >= 15 is 0 Å². The molecule has 2 rings (SSSR count). The van der Waals surface area contributed by atoms with Gasteiger partial charge in [-0.3, -0.25) is 0 Å². The summed E-state index contributed by atoms with van der Waals surface area (Å²) in [5.41, 5.74) is 6.07. The van der Waals surface area contributed by atoms with Crippen LogP contribution in [0.2, 0.25) is 0 Å². The lowest BCUT2D eigenvalue weighted by Gasteiger charge is -2.07. The summed E-state index contributed by atoms with van der Waals surface area (Å²) in [7, 11) is 30.7. The van der Waals surface area contributed by atoms with Crippen molar-refractivity contribution in [2.75, 3.05) is 142 Å². The van der Waals surface area contributed by atoms with Crippen molar-refractivity contribution in [2.24, 2.45) is 0 Å².